The highest BCUT2D eigenvalue weighted by molar-refractivity contribution is 5.91. The van der Waals surface area contributed by atoms with Crippen LogP contribution < -0.4 is 4.74 Å². The van der Waals surface area contributed by atoms with E-state index >= 15 is 0 Å². The van der Waals surface area contributed by atoms with E-state index in [-0.39, 0.29) is 0 Å². The molecule has 108 valence electrons. The zero-order valence-corrected chi connectivity index (χ0v) is 12.5. The average Bonchev–Trinajstić information content (AvgIpc) is 2.67. The highest BCUT2D eigenvalue weighted by Gasteiger charge is 2.16. The first kappa shape index (κ1) is 13.7. The van der Waals surface area contributed by atoms with Crippen molar-refractivity contribution in [1.29, 1.82) is 0 Å². The maximum atomic E-state index is 9.46. The Morgan fingerprint density at radius 2 is 1.76 bits per heavy atom. The molecule has 0 spiro atoms. The summed E-state index contributed by atoms with van der Waals surface area (Å²) in [7, 11) is 1.71. The van der Waals surface area contributed by atoms with Gasteiger partial charge in [0.15, 0.2) is 0 Å². The molecule has 2 nitrogen and oxygen atoms in total. The van der Waals surface area contributed by atoms with E-state index in [1.807, 2.05) is 18.2 Å². The average molecular weight is 280 g/mol. The summed E-state index contributed by atoms with van der Waals surface area (Å²) in [5.41, 5.74) is 6.58. The van der Waals surface area contributed by atoms with E-state index in [0.29, 0.717) is 5.75 Å². The standard InChI is InChI=1S/C19H20O2/c1-13-18(14-6-8-16(20)9-7-14)5-3-4-15-12-17(21-2)10-11-19(13)15/h6-12,20H,3-5H2,1-2H3. The quantitative estimate of drug-likeness (QED) is 0.866. The number of phenols is 1. The first-order valence-corrected chi connectivity index (χ1v) is 7.35. The molecular weight excluding hydrogens is 260 g/mol. The number of hydrogen-bond donors (Lipinski definition) is 1. The summed E-state index contributed by atoms with van der Waals surface area (Å²) in [5, 5.41) is 9.46. The van der Waals surface area contributed by atoms with Crippen LogP contribution in [-0.2, 0) is 6.42 Å². The molecule has 3 rings (SSSR count). The van der Waals surface area contributed by atoms with Crippen LogP contribution in [0.25, 0.3) is 11.1 Å². The Balaban J connectivity index is 2.09. The van der Waals surface area contributed by atoms with E-state index in [1.165, 1.54) is 27.8 Å². The summed E-state index contributed by atoms with van der Waals surface area (Å²) in [5.74, 6) is 1.24. The second kappa shape index (κ2) is 5.65. The number of fused-ring (bicyclic) bond motifs is 1. The van der Waals surface area contributed by atoms with Crippen molar-refractivity contribution in [3.8, 4) is 11.5 Å². The second-order valence-corrected chi connectivity index (χ2v) is 5.53. The lowest BCUT2D eigenvalue weighted by atomic mass is 9.94. The molecule has 0 amide bonds. The molecule has 1 aliphatic carbocycles. The van der Waals surface area contributed by atoms with Gasteiger partial charge in [-0.05, 0) is 78.3 Å². The highest BCUT2D eigenvalue weighted by atomic mass is 16.5. The van der Waals surface area contributed by atoms with Crippen LogP contribution in [0, 0.1) is 0 Å². The lowest BCUT2D eigenvalue weighted by Gasteiger charge is -2.12. The SMILES string of the molecule is COc1ccc2c(c1)CCCC(c1ccc(O)cc1)=C2C. The zero-order chi connectivity index (χ0) is 14.8. The van der Waals surface area contributed by atoms with Crippen molar-refractivity contribution in [3.05, 3.63) is 59.2 Å². The van der Waals surface area contributed by atoms with Gasteiger partial charge in [0, 0.05) is 0 Å². The van der Waals surface area contributed by atoms with Crippen LogP contribution in [-0.4, -0.2) is 12.2 Å². The molecule has 0 saturated carbocycles. The molecule has 0 fully saturated rings. The van der Waals surface area contributed by atoms with E-state index in [1.54, 1.807) is 19.2 Å². The molecule has 0 atom stereocenters. The van der Waals surface area contributed by atoms with Crippen molar-refractivity contribution in [2.45, 2.75) is 26.2 Å². The number of aromatic hydroxyl groups is 1. The number of ether oxygens (including phenoxy) is 1. The van der Waals surface area contributed by atoms with Gasteiger partial charge in [0.2, 0.25) is 0 Å². The van der Waals surface area contributed by atoms with Crippen LogP contribution >= 0.6 is 0 Å². The molecule has 21 heavy (non-hydrogen) atoms. The minimum Gasteiger partial charge on any atom is -0.508 e. The maximum absolute atomic E-state index is 9.46. The lowest BCUT2D eigenvalue weighted by molar-refractivity contribution is 0.414. The molecule has 2 aromatic carbocycles. The smallest absolute Gasteiger partial charge is 0.119 e. The molecule has 0 heterocycles. The number of aryl methyl sites for hydroxylation is 1. The van der Waals surface area contributed by atoms with Gasteiger partial charge in [0.1, 0.15) is 11.5 Å². The van der Waals surface area contributed by atoms with Crippen LogP contribution in [0.1, 0.15) is 36.5 Å². The number of rotatable bonds is 2. The minimum absolute atomic E-state index is 0.316. The highest BCUT2D eigenvalue weighted by Crippen LogP contribution is 2.37. The summed E-state index contributed by atoms with van der Waals surface area (Å²) in [6.07, 6.45) is 3.27. The molecule has 1 N–H and O–H groups in total. The fraction of sp³-hybridized carbons (Fsp3) is 0.263. The van der Waals surface area contributed by atoms with Crippen LogP contribution in [0.15, 0.2) is 42.5 Å². The molecule has 2 heteroatoms. The normalized spacial score (nSPS) is 14.6. The molecule has 0 saturated heterocycles. The fourth-order valence-electron chi connectivity index (χ4n) is 3.10. The van der Waals surface area contributed by atoms with Crippen LogP contribution in [0.3, 0.4) is 0 Å². The summed E-state index contributed by atoms with van der Waals surface area (Å²) < 4.78 is 5.34. The van der Waals surface area contributed by atoms with E-state index in [0.717, 1.165) is 25.0 Å². The number of benzene rings is 2. The minimum atomic E-state index is 0.316. The molecule has 0 aromatic heterocycles. The number of methoxy groups -OCH3 is 1. The van der Waals surface area contributed by atoms with Crippen molar-refractivity contribution in [3.63, 3.8) is 0 Å². The molecule has 1 aliphatic rings. The molecule has 2 aromatic rings. The summed E-state index contributed by atoms with van der Waals surface area (Å²) in [6.45, 7) is 2.19. The monoisotopic (exact) mass is 280 g/mol. The Kier molecular flexibility index (Phi) is 3.70. The van der Waals surface area contributed by atoms with E-state index in [4.69, 9.17) is 4.74 Å². The molecular formula is C19H20O2. The predicted molar refractivity (Wildman–Crippen MR) is 86.5 cm³/mol. The van der Waals surface area contributed by atoms with E-state index in [2.05, 4.69) is 19.1 Å². The molecule has 0 bridgehead atoms. The van der Waals surface area contributed by atoms with Gasteiger partial charge in [-0.2, -0.15) is 0 Å². The first-order valence-electron chi connectivity index (χ1n) is 7.35. The lowest BCUT2D eigenvalue weighted by Crippen LogP contribution is -1.92. The van der Waals surface area contributed by atoms with E-state index in [9.17, 15) is 5.11 Å². The zero-order valence-electron chi connectivity index (χ0n) is 12.5. The first-order chi connectivity index (χ1) is 10.2. The van der Waals surface area contributed by atoms with Crippen molar-refractivity contribution < 1.29 is 9.84 Å². The van der Waals surface area contributed by atoms with E-state index < -0.39 is 0 Å². The van der Waals surface area contributed by atoms with Gasteiger partial charge < -0.3 is 9.84 Å². The predicted octanol–water partition coefficient (Wildman–Crippen LogP) is 4.67. The molecule has 0 unspecified atom stereocenters. The fourth-order valence-corrected chi connectivity index (χ4v) is 3.10. The van der Waals surface area contributed by atoms with Gasteiger partial charge in [-0.1, -0.05) is 18.2 Å². The van der Waals surface area contributed by atoms with Crippen LogP contribution in [0.4, 0.5) is 0 Å². The number of phenolic OH excluding ortho intramolecular Hbond substituents is 1. The van der Waals surface area contributed by atoms with Crippen molar-refractivity contribution in [1.82, 2.24) is 0 Å². The largest absolute Gasteiger partial charge is 0.508 e. The van der Waals surface area contributed by atoms with Crippen LogP contribution in [0.2, 0.25) is 0 Å². The third kappa shape index (κ3) is 2.66. The Labute approximate surface area is 125 Å². The number of hydrogen-bond acceptors (Lipinski definition) is 2. The third-order valence-corrected chi connectivity index (χ3v) is 4.26. The van der Waals surface area contributed by atoms with Crippen molar-refractivity contribution in [2.75, 3.05) is 7.11 Å². The maximum Gasteiger partial charge on any atom is 0.119 e. The Bertz CT molecular complexity index is 681. The van der Waals surface area contributed by atoms with Gasteiger partial charge >= 0.3 is 0 Å². The summed E-state index contributed by atoms with van der Waals surface area (Å²) >= 11 is 0. The summed E-state index contributed by atoms with van der Waals surface area (Å²) in [4.78, 5) is 0. The van der Waals surface area contributed by atoms with Crippen molar-refractivity contribution >= 4 is 11.1 Å². The summed E-state index contributed by atoms with van der Waals surface area (Å²) in [6, 6.07) is 13.9. The van der Waals surface area contributed by atoms with Crippen molar-refractivity contribution in [2.24, 2.45) is 0 Å². The van der Waals surface area contributed by atoms with Gasteiger partial charge in [-0.25, -0.2) is 0 Å². The Hall–Kier alpha value is -2.22. The molecule has 0 aliphatic heterocycles. The topological polar surface area (TPSA) is 29.5 Å². The second-order valence-electron chi connectivity index (χ2n) is 5.53. The Morgan fingerprint density at radius 1 is 1.00 bits per heavy atom. The molecule has 0 radical (unpaired) electrons. The number of allylic oxidation sites excluding steroid dienone is 2. The third-order valence-electron chi connectivity index (χ3n) is 4.26. The Morgan fingerprint density at radius 3 is 2.48 bits per heavy atom. The van der Waals surface area contributed by atoms with Gasteiger partial charge in [-0.3, -0.25) is 0 Å². The van der Waals surface area contributed by atoms with Crippen LogP contribution in [0.5, 0.6) is 11.5 Å². The van der Waals surface area contributed by atoms with Gasteiger partial charge in [-0.15, -0.1) is 0 Å². The van der Waals surface area contributed by atoms with Gasteiger partial charge in [0.05, 0.1) is 7.11 Å². The van der Waals surface area contributed by atoms with Gasteiger partial charge in [0.25, 0.3) is 0 Å².